The minimum atomic E-state index is 0.0707. The maximum Gasteiger partial charge on any atom is 0.272 e. The molecular weight excluding hydrogens is 286 g/mol. The first-order valence-electron chi connectivity index (χ1n) is 8.26. The topological polar surface area (TPSA) is 46.1 Å². The van der Waals surface area contributed by atoms with Gasteiger partial charge in [-0.2, -0.15) is 0 Å². The van der Waals surface area contributed by atoms with E-state index in [1.807, 2.05) is 37.1 Å². The molecule has 120 valence electrons. The van der Waals surface area contributed by atoms with Gasteiger partial charge < -0.3 is 4.90 Å². The molecule has 1 amide bonds. The van der Waals surface area contributed by atoms with E-state index in [2.05, 4.69) is 22.1 Å². The van der Waals surface area contributed by atoms with Crippen molar-refractivity contribution in [2.45, 2.75) is 33.1 Å². The zero-order chi connectivity index (χ0) is 16.2. The number of carbonyl (C=O) groups is 1. The number of piperidine rings is 1. The molecule has 0 bridgehead atoms. The second-order valence-corrected chi connectivity index (χ2v) is 6.41. The van der Waals surface area contributed by atoms with Crippen LogP contribution in [0, 0.1) is 19.8 Å². The van der Waals surface area contributed by atoms with E-state index in [1.165, 1.54) is 5.56 Å². The fourth-order valence-corrected chi connectivity index (χ4v) is 3.26. The van der Waals surface area contributed by atoms with Crippen molar-refractivity contribution in [1.82, 2.24) is 14.9 Å². The summed E-state index contributed by atoms with van der Waals surface area (Å²) < 4.78 is 0. The van der Waals surface area contributed by atoms with Gasteiger partial charge in [-0.05, 0) is 68.4 Å². The van der Waals surface area contributed by atoms with Gasteiger partial charge in [0, 0.05) is 31.2 Å². The number of likely N-dealkylation sites (tertiary alicyclic amines) is 1. The van der Waals surface area contributed by atoms with Crippen molar-refractivity contribution in [2.24, 2.45) is 5.92 Å². The first-order chi connectivity index (χ1) is 11.1. The number of hydrogen-bond donors (Lipinski definition) is 0. The maximum absolute atomic E-state index is 12.6. The van der Waals surface area contributed by atoms with E-state index in [0.29, 0.717) is 11.6 Å². The van der Waals surface area contributed by atoms with Gasteiger partial charge in [-0.1, -0.05) is 6.07 Å². The van der Waals surface area contributed by atoms with E-state index in [4.69, 9.17) is 0 Å². The Bertz CT molecular complexity index is 691. The van der Waals surface area contributed by atoms with Gasteiger partial charge >= 0.3 is 0 Å². The minimum Gasteiger partial charge on any atom is -0.337 e. The monoisotopic (exact) mass is 309 g/mol. The summed E-state index contributed by atoms with van der Waals surface area (Å²) in [6, 6.07) is 8.07. The molecule has 0 aromatic carbocycles. The smallest absolute Gasteiger partial charge is 0.272 e. The molecule has 0 spiro atoms. The number of carbonyl (C=O) groups excluding carboxylic acids is 1. The molecule has 0 unspecified atom stereocenters. The number of rotatable bonds is 3. The highest BCUT2D eigenvalue weighted by atomic mass is 16.2. The summed E-state index contributed by atoms with van der Waals surface area (Å²) in [6.07, 6.45) is 6.76. The van der Waals surface area contributed by atoms with E-state index in [0.717, 1.165) is 43.6 Å². The number of amides is 1. The zero-order valence-corrected chi connectivity index (χ0v) is 13.8. The Morgan fingerprint density at radius 2 is 1.96 bits per heavy atom. The summed E-state index contributed by atoms with van der Waals surface area (Å²) in [5.74, 6) is 0.715. The van der Waals surface area contributed by atoms with Gasteiger partial charge in [0.1, 0.15) is 5.69 Å². The van der Waals surface area contributed by atoms with Crippen LogP contribution < -0.4 is 0 Å². The first kappa shape index (κ1) is 15.7. The molecule has 0 N–H and O–H groups in total. The third-order valence-electron chi connectivity index (χ3n) is 4.60. The molecule has 0 aliphatic carbocycles. The van der Waals surface area contributed by atoms with E-state index in [-0.39, 0.29) is 5.91 Å². The maximum atomic E-state index is 12.6. The van der Waals surface area contributed by atoms with Crippen molar-refractivity contribution in [3.63, 3.8) is 0 Å². The van der Waals surface area contributed by atoms with Gasteiger partial charge in [0.05, 0.1) is 0 Å². The lowest BCUT2D eigenvalue weighted by atomic mass is 9.90. The summed E-state index contributed by atoms with van der Waals surface area (Å²) in [4.78, 5) is 23.0. The van der Waals surface area contributed by atoms with Crippen LogP contribution in [0.15, 0.2) is 36.7 Å². The lowest BCUT2D eigenvalue weighted by Gasteiger charge is -2.32. The number of aryl methyl sites for hydroxylation is 2. The van der Waals surface area contributed by atoms with Gasteiger partial charge in [-0.25, -0.2) is 0 Å². The van der Waals surface area contributed by atoms with Crippen molar-refractivity contribution in [1.29, 1.82) is 0 Å². The van der Waals surface area contributed by atoms with Gasteiger partial charge in [0.15, 0.2) is 0 Å². The Morgan fingerprint density at radius 3 is 2.65 bits per heavy atom. The molecule has 2 aromatic rings. The molecule has 1 saturated heterocycles. The highest BCUT2D eigenvalue weighted by molar-refractivity contribution is 5.93. The molecule has 23 heavy (non-hydrogen) atoms. The normalized spacial score (nSPS) is 15.7. The first-order valence-corrected chi connectivity index (χ1v) is 8.26. The van der Waals surface area contributed by atoms with E-state index >= 15 is 0 Å². The molecule has 4 heteroatoms. The molecule has 2 aromatic heterocycles. The molecule has 0 radical (unpaired) electrons. The van der Waals surface area contributed by atoms with Crippen LogP contribution in [-0.4, -0.2) is 33.9 Å². The Morgan fingerprint density at radius 1 is 1.17 bits per heavy atom. The average Bonchev–Trinajstić information content (AvgIpc) is 2.55. The lowest BCUT2D eigenvalue weighted by Crippen LogP contribution is -2.39. The average molecular weight is 309 g/mol. The number of pyridine rings is 2. The van der Waals surface area contributed by atoms with Crippen molar-refractivity contribution in [3.05, 3.63) is 59.2 Å². The summed E-state index contributed by atoms with van der Waals surface area (Å²) >= 11 is 0. The number of aromatic nitrogens is 2. The largest absolute Gasteiger partial charge is 0.337 e. The predicted molar refractivity (Wildman–Crippen MR) is 90.3 cm³/mol. The van der Waals surface area contributed by atoms with Crippen LogP contribution in [-0.2, 0) is 6.42 Å². The second-order valence-electron chi connectivity index (χ2n) is 6.41. The molecule has 0 atom stereocenters. The highest BCUT2D eigenvalue weighted by Crippen LogP contribution is 2.23. The van der Waals surface area contributed by atoms with Crippen LogP contribution in [0.5, 0.6) is 0 Å². The van der Waals surface area contributed by atoms with Gasteiger partial charge in [-0.15, -0.1) is 0 Å². The van der Waals surface area contributed by atoms with Crippen molar-refractivity contribution >= 4 is 5.91 Å². The molecular formula is C19H23N3O. The molecule has 3 heterocycles. The molecule has 3 rings (SSSR count). The number of nitrogens with zero attached hydrogens (tertiary/aromatic N) is 3. The van der Waals surface area contributed by atoms with E-state index in [9.17, 15) is 4.79 Å². The van der Waals surface area contributed by atoms with Crippen molar-refractivity contribution in [3.8, 4) is 0 Å². The second kappa shape index (κ2) is 6.90. The van der Waals surface area contributed by atoms with Gasteiger partial charge in [-0.3, -0.25) is 14.8 Å². The molecule has 4 nitrogen and oxygen atoms in total. The molecule has 1 aliphatic heterocycles. The third-order valence-corrected chi connectivity index (χ3v) is 4.60. The van der Waals surface area contributed by atoms with Crippen LogP contribution in [0.25, 0.3) is 0 Å². The van der Waals surface area contributed by atoms with Crippen molar-refractivity contribution < 1.29 is 4.79 Å². The van der Waals surface area contributed by atoms with Crippen LogP contribution in [0.1, 0.15) is 40.2 Å². The quantitative estimate of drug-likeness (QED) is 0.875. The highest BCUT2D eigenvalue weighted by Gasteiger charge is 2.25. The van der Waals surface area contributed by atoms with Crippen LogP contribution in [0.3, 0.4) is 0 Å². The Kier molecular flexibility index (Phi) is 4.70. The Labute approximate surface area is 137 Å². The Balaban J connectivity index is 1.58. The van der Waals surface area contributed by atoms with Crippen LogP contribution >= 0.6 is 0 Å². The molecule has 1 aliphatic rings. The standard InChI is InChI=1S/C19H23N3O/c1-14-4-3-8-21-18(14)19(23)22-10-6-16(7-11-22)13-17-5-9-20-15(2)12-17/h3-5,8-9,12,16H,6-7,10-11,13H2,1-2H3. The van der Waals surface area contributed by atoms with Gasteiger partial charge in [0.2, 0.25) is 0 Å². The number of hydrogen-bond acceptors (Lipinski definition) is 3. The fourth-order valence-electron chi connectivity index (χ4n) is 3.26. The summed E-state index contributed by atoms with van der Waals surface area (Å²) in [5.41, 5.74) is 3.96. The third kappa shape index (κ3) is 3.76. The summed E-state index contributed by atoms with van der Waals surface area (Å²) in [7, 11) is 0. The van der Waals surface area contributed by atoms with Crippen LogP contribution in [0.4, 0.5) is 0 Å². The van der Waals surface area contributed by atoms with E-state index in [1.54, 1.807) is 6.20 Å². The fraction of sp³-hybridized carbons (Fsp3) is 0.421. The van der Waals surface area contributed by atoms with E-state index < -0.39 is 0 Å². The molecule has 1 fully saturated rings. The molecule has 0 saturated carbocycles. The summed E-state index contributed by atoms with van der Waals surface area (Å²) in [5, 5.41) is 0. The lowest BCUT2D eigenvalue weighted by molar-refractivity contribution is 0.0684. The van der Waals surface area contributed by atoms with Gasteiger partial charge in [0.25, 0.3) is 5.91 Å². The SMILES string of the molecule is Cc1cc(CC2CCN(C(=O)c3ncccc3C)CC2)ccn1. The minimum absolute atomic E-state index is 0.0707. The Hall–Kier alpha value is -2.23. The predicted octanol–water partition coefficient (Wildman–Crippen LogP) is 3.19. The van der Waals surface area contributed by atoms with Crippen LogP contribution in [0.2, 0.25) is 0 Å². The van der Waals surface area contributed by atoms with Crippen molar-refractivity contribution in [2.75, 3.05) is 13.1 Å². The zero-order valence-electron chi connectivity index (χ0n) is 13.8. The summed E-state index contributed by atoms with van der Waals surface area (Å²) in [6.45, 7) is 5.62.